The minimum Gasteiger partial charge on any atom is -0.347 e. The smallest absolute Gasteiger partial charge is 0.270 e. The van der Waals surface area contributed by atoms with Gasteiger partial charge in [-0.25, -0.2) is 4.98 Å². The molecular weight excluding hydrogens is 384 g/mol. The topological polar surface area (TPSA) is 74.3 Å². The van der Waals surface area contributed by atoms with Crippen molar-refractivity contribution in [3.63, 3.8) is 0 Å². The molecule has 2 amide bonds. The molecule has 0 spiro atoms. The molecule has 2 N–H and O–H groups in total. The van der Waals surface area contributed by atoms with Crippen molar-refractivity contribution in [1.29, 1.82) is 0 Å². The molecule has 1 aromatic carbocycles. The maximum absolute atomic E-state index is 12.8. The average molecular weight is 407 g/mol. The van der Waals surface area contributed by atoms with Crippen LogP contribution in [0.2, 0.25) is 0 Å². The highest BCUT2D eigenvalue weighted by Gasteiger charge is 2.33. The van der Waals surface area contributed by atoms with Crippen LogP contribution < -0.4 is 10.6 Å². The van der Waals surface area contributed by atoms with Crippen LogP contribution in [0.15, 0.2) is 48.0 Å². The molecule has 2 fully saturated rings. The Bertz CT molecular complexity index is 1050. The maximum atomic E-state index is 12.8. The van der Waals surface area contributed by atoms with E-state index in [2.05, 4.69) is 20.5 Å². The number of nitrogens with zero attached hydrogens (tertiary/aromatic N) is 2. The van der Waals surface area contributed by atoms with Crippen LogP contribution in [0.1, 0.15) is 33.7 Å². The summed E-state index contributed by atoms with van der Waals surface area (Å²) in [7, 11) is 0. The van der Waals surface area contributed by atoms with E-state index in [0.29, 0.717) is 22.9 Å². The van der Waals surface area contributed by atoms with E-state index in [1.165, 1.54) is 17.8 Å². The number of hydrogen-bond donors (Lipinski definition) is 2. The summed E-state index contributed by atoms with van der Waals surface area (Å²) in [6.45, 7) is 3.22. The van der Waals surface area contributed by atoms with Gasteiger partial charge in [0.1, 0.15) is 5.69 Å². The zero-order valence-corrected chi connectivity index (χ0v) is 16.7. The van der Waals surface area contributed by atoms with Crippen molar-refractivity contribution in [2.75, 3.05) is 25.0 Å². The predicted octanol–water partition coefficient (Wildman–Crippen LogP) is 3.37. The van der Waals surface area contributed by atoms with Crippen LogP contribution >= 0.6 is 11.3 Å². The largest absolute Gasteiger partial charge is 0.347 e. The third kappa shape index (κ3) is 3.75. The zero-order valence-electron chi connectivity index (χ0n) is 15.9. The highest BCUT2D eigenvalue weighted by Crippen LogP contribution is 2.31. The molecule has 2 aliphatic rings. The van der Waals surface area contributed by atoms with E-state index in [0.717, 1.165) is 36.1 Å². The van der Waals surface area contributed by atoms with E-state index in [4.69, 9.17) is 0 Å². The number of carbonyl (C=O) groups is 2. The standard InChI is InChI=1S/C22H22N4O2S/c27-21(15-4-2-1-3-5-15)25-19-13-29-20-10-23-18(9-17(19)20)22(28)24-16-8-14-6-7-26(11-14)12-16/h1-5,9-10,13-14,16H,6-8,11-12H2,(H,24,28)(H,25,27)/t14-,16-/m1/s1. The number of benzene rings is 1. The molecule has 0 aliphatic carbocycles. The Hall–Kier alpha value is -2.77. The molecule has 5 rings (SSSR count). The Labute approximate surface area is 172 Å². The molecule has 2 bridgehead atoms. The van der Waals surface area contributed by atoms with E-state index in [1.54, 1.807) is 24.4 Å². The average Bonchev–Trinajstić information content (AvgIpc) is 3.30. The van der Waals surface area contributed by atoms with E-state index < -0.39 is 0 Å². The van der Waals surface area contributed by atoms with Gasteiger partial charge in [-0.3, -0.25) is 9.59 Å². The van der Waals surface area contributed by atoms with Crippen molar-refractivity contribution >= 4 is 38.9 Å². The number of fused-ring (bicyclic) bond motifs is 3. The summed E-state index contributed by atoms with van der Waals surface area (Å²) in [5, 5.41) is 8.84. The summed E-state index contributed by atoms with van der Waals surface area (Å²) in [5.41, 5.74) is 1.69. The molecule has 2 aromatic heterocycles. The van der Waals surface area contributed by atoms with Crippen molar-refractivity contribution in [2.24, 2.45) is 5.92 Å². The Kier molecular flexibility index (Phi) is 4.77. The third-order valence-corrected chi connectivity index (χ3v) is 6.71. The number of anilines is 1. The first kappa shape index (κ1) is 18.3. The summed E-state index contributed by atoms with van der Waals surface area (Å²) in [5.74, 6) is 0.381. The van der Waals surface area contributed by atoms with E-state index >= 15 is 0 Å². The first-order valence-electron chi connectivity index (χ1n) is 9.92. The minimum absolute atomic E-state index is 0.147. The number of aromatic nitrogens is 1. The molecule has 4 heterocycles. The molecule has 6 nitrogen and oxygen atoms in total. The molecule has 3 atom stereocenters. The number of thiophene rings is 1. The van der Waals surface area contributed by atoms with Gasteiger partial charge in [0.25, 0.3) is 11.8 Å². The molecular formula is C22H22N4O2S. The maximum Gasteiger partial charge on any atom is 0.270 e. The summed E-state index contributed by atoms with van der Waals surface area (Å²) in [6, 6.07) is 11.1. The Morgan fingerprint density at radius 3 is 2.83 bits per heavy atom. The second kappa shape index (κ2) is 7.57. The Balaban J connectivity index is 1.33. The van der Waals surface area contributed by atoms with Crippen molar-refractivity contribution in [2.45, 2.75) is 18.9 Å². The van der Waals surface area contributed by atoms with Crippen molar-refractivity contribution in [3.05, 3.63) is 59.2 Å². The van der Waals surface area contributed by atoms with Crippen molar-refractivity contribution < 1.29 is 9.59 Å². The predicted molar refractivity (Wildman–Crippen MR) is 114 cm³/mol. The fourth-order valence-corrected chi connectivity index (χ4v) is 5.20. The lowest BCUT2D eigenvalue weighted by atomic mass is 9.97. The first-order valence-corrected chi connectivity index (χ1v) is 10.8. The number of piperidine rings is 1. The van der Waals surface area contributed by atoms with Gasteiger partial charge in [-0.2, -0.15) is 0 Å². The van der Waals surface area contributed by atoms with Crippen LogP contribution in [0.3, 0.4) is 0 Å². The third-order valence-electron chi connectivity index (χ3n) is 5.78. The number of nitrogens with one attached hydrogen (secondary N) is 2. The van der Waals surface area contributed by atoms with Gasteiger partial charge in [0.2, 0.25) is 0 Å². The number of pyridine rings is 1. The molecule has 3 aromatic rings. The summed E-state index contributed by atoms with van der Waals surface area (Å²) >= 11 is 1.50. The van der Waals surface area contributed by atoms with Gasteiger partial charge in [0.15, 0.2) is 0 Å². The van der Waals surface area contributed by atoms with Gasteiger partial charge >= 0.3 is 0 Å². The Morgan fingerprint density at radius 1 is 1.14 bits per heavy atom. The second-order valence-corrected chi connectivity index (χ2v) is 8.77. The monoisotopic (exact) mass is 406 g/mol. The molecule has 0 saturated carbocycles. The molecule has 148 valence electrons. The van der Waals surface area contributed by atoms with Crippen molar-refractivity contribution in [1.82, 2.24) is 15.2 Å². The molecule has 1 unspecified atom stereocenters. The normalized spacial score (nSPS) is 23.1. The van der Waals surface area contributed by atoms with Crippen LogP contribution in [0.5, 0.6) is 0 Å². The van der Waals surface area contributed by atoms with Gasteiger partial charge in [0, 0.05) is 41.7 Å². The van der Waals surface area contributed by atoms with Crippen LogP contribution in [-0.2, 0) is 0 Å². The number of carbonyl (C=O) groups excluding carboxylic acids is 2. The van der Waals surface area contributed by atoms with E-state index in [1.807, 2.05) is 23.6 Å². The molecule has 0 radical (unpaired) electrons. The summed E-state index contributed by atoms with van der Waals surface area (Å²) in [4.78, 5) is 32.1. The van der Waals surface area contributed by atoms with Gasteiger partial charge in [-0.15, -0.1) is 11.3 Å². The SMILES string of the molecule is O=C(Nc1csc2cnc(C(=O)N[C@@H]3C[C@H]4CCN(C4)C3)cc12)c1ccccc1. The van der Waals surface area contributed by atoms with Crippen molar-refractivity contribution in [3.8, 4) is 0 Å². The summed E-state index contributed by atoms with van der Waals surface area (Å²) < 4.78 is 0.937. The lowest BCUT2D eigenvalue weighted by molar-refractivity contribution is 0.0904. The quantitative estimate of drug-likeness (QED) is 0.697. The number of hydrogen-bond acceptors (Lipinski definition) is 5. The van der Waals surface area contributed by atoms with E-state index in [9.17, 15) is 9.59 Å². The van der Waals surface area contributed by atoms with Crippen LogP contribution in [0.4, 0.5) is 5.69 Å². The summed E-state index contributed by atoms with van der Waals surface area (Å²) in [6.07, 6.45) is 3.98. The minimum atomic E-state index is -0.167. The molecule has 2 saturated heterocycles. The van der Waals surface area contributed by atoms with Crippen LogP contribution in [0.25, 0.3) is 10.1 Å². The lowest BCUT2D eigenvalue weighted by Crippen LogP contribution is -2.47. The second-order valence-electron chi connectivity index (χ2n) is 7.86. The number of amides is 2. The molecule has 7 heteroatoms. The van der Waals surface area contributed by atoms with Gasteiger partial charge < -0.3 is 15.5 Å². The number of rotatable bonds is 4. The van der Waals surface area contributed by atoms with Gasteiger partial charge in [-0.05, 0) is 43.5 Å². The van der Waals surface area contributed by atoms with Gasteiger partial charge in [-0.1, -0.05) is 18.2 Å². The highest BCUT2D eigenvalue weighted by molar-refractivity contribution is 7.17. The van der Waals surface area contributed by atoms with Crippen LogP contribution in [-0.4, -0.2) is 47.4 Å². The zero-order chi connectivity index (χ0) is 19.8. The fraction of sp³-hybridized carbons (Fsp3) is 0.318. The van der Waals surface area contributed by atoms with Gasteiger partial charge in [0.05, 0.1) is 10.4 Å². The Morgan fingerprint density at radius 2 is 2.00 bits per heavy atom. The lowest BCUT2D eigenvalue weighted by Gasteiger charge is -2.30. The molecule has 29 heavy (non-hydrogen) atoms. The fourth-order valence-electron chi connectivity index (χ4n) is 4.36. The first-order chi connectivity index (χ1) is 14.2. The van der Waals surface area contributed by atoms with E-state index in [-0.39, 0.29) is 17.9 Å². The highest BCUT2D eigenvalue weighted by atomic mass is 32.1. The van der Waals surface area contributed by atoms with Crippen LogP contribution in [0, 0.1) is 5.92 Å². The molecule has 2 aliphatic heterocycles.